The largest absolute Gasteiger partial charge is 0.481 e. The Morgan fingerprint density at radius 2 is 1.78 bits per heavy atom. The van der Waals surface area contributed by atoms with Gasteiger partial charge in [0.1, 0.15) is 0 Å². The van der Waals surface area contributed by atoms with E-state index in [1.165, 1.54) is 0 Å². The van der Waals surface area contributed by atoms with Gasteiger partial charge in [0.15, 0.2) is 5.78 Å². The minimum absolute atomic E-state index is 0.0465. The van der Waals surface area contributed by atoms with E-state index in [1.807, 2.05) is 25.1 Å². The molecule has 0 radical (unpaired) electrons. The Labute approximate surface area is 152 Å². The van der Waals surface area contributed by atoms with Crippen molar-refractivity contribution in [2.45, 2.75) is 25.4 Å². The Balaban J connectivity index is 1.89. The van der Waals surface area contributed by atoms with Crippen LogP contribution >= 0.6 is 0 Å². The second-order valence-corrected chi connectivity index (χ2v) is 6.39. The summed E-state index contributed by atoms with van der Waals surface area (Å²) in [4.78, 5) is 27.2. The molecule has 3 aromatic rings. The van der Waals surface area contributed by atoms with Gasteiger partial charge in [-0.05, 0) is 36.8 Å². The molecule has 0 aliphatic heterocycles. The molecule has 0 saturated carbocycles. The van der Waals surface area contributed by atoms with Crippen LogP contribution in [0.15, 0.2) is 48.7 Å². The summed E-state index contributed by atoms with van der Waals surface area (Å²) in [5, 5.41) is 10.3. The first-order chi connectivity index (χ1) is 12.7. The molecule has 4 nitrogen and oxygen atoms in total. The van der Waals surface area contributed by atoms with E-state index < -0.39 is 29.4 Å². The number of H-pyrrole nitrogens is 1. The van der Waals surface area contributed by atoms with E-state index in [0.29, 0.717) is 10.9 Å². The number of aromatic amines is 1. The summed E-state index contributed by atoms with van der Waals surface area (Å²) in [6, 6.07) is 9.32. The van der Waals surface area contributed by atoms with Crippen molar-refractivity contribution in [1.82, 2.24) is 4.98 Å². The summed E-state index contributed by atoms with van der Waals surface area (Å²) >= 11 is 0. The number of nitrogens with one attached hydrogen (secondary N) is 1. The lowest BCUT2D eigenvalue weighted by molar-refractivity contribution is -0.139. The number of aryl methyl sites for hydroxylation is 1. The molecule has 1 atom stereocenters. The maximum absolute atomic E-state index is 12.6. The Bertz CT molecular complexity index is 1000. The zero-order valence-corrected chi connectivity index (χ0v) is 14.3. The zero-order chi connectivity index (χ0) is 19.8. The third kappa shape index (κ3) is 3.86. The molecule has 0 bridgehead atoms. The van der Waals surface area contributed by atoms with Crippen LogP contribution in [0.5, 0.6) is 0 Å². The molecule has 1 aromatic heterocycles. The number of carbonyl (C=O) groups is 2. The quantitative estimate of drug-likeness (QED) is 0.621. The number of hydrogen-bond acceptors (Lipinski definition) is 2. The van der Waals surface area contributed by atoms with Crippen LogP contribution in [-0.2, 0) is 11.0 Å². The highest BCUT2D eigenvalue weighted by molar-refractivity contribution is 6.00. The molecular formula is C20H16F3NO3. The number of Topliss-reactive ketones (excluding diaryl/α,β-unsaturated/α-hetero) is 1. The molecular weight excluding hydrogens is 359 g/mol. The maximum Gasteiger partial charge on any atom is 0.416 e. The normalized spacial score (nSPS) is 12.9. The highest BCUT2D eigenvalue weighted by atomic mass is 19.4. The van der Waals surface area contributed by atoms with E-state index >= 15 is 0 Å². The van der Waals surface area contributed by atoms with Crippen LogP contribution in [0.4, 0.5) is 13.2 Å². The minimum Gasteiger partial charge on any atom is -0.481 e. The number of rotatable bonds is 5. The number of benzene rings is 2. The smallest absolute Gasteiger partial charge is 0.416 e. The summed E-state index contributed by atoms with van der Waals surface area (Å²) < 4.78 is 37.9. The van der Waals surface area contributed by atoms with Crippen molar-refractivity contribution in [3.05, 3.63) is 70.9 Å². The van der Waals surface area contributed by atoms with E-state index in [-0.39, 0.29) is 12.0 Å². The molecule has 0 fully saturated rings. The van der Waals surface area contributed by atoms with Crippen LogP contribution in [0.2, 0.25) is 0 Å². The second-order valence-electron chi connectivity index (χ2n) is 6.39. The van der Waals surface area contributed by atoms with E-state index in [1.54, 1.807) is 6.20 Å². The van der Waals surface area contributed by atoms with Crippen LogP contribution in [0.3, 0.4) is 0 Å². The standard InChI is InChI=1S/C20H16F3NO3/c1-11-2-7-17-14(8-11)16(10-24-17)15(19(26)27)9-18(25)12-3-5-13(6-4-12)20(21,22)23/h2-8,10,15,24H,9H2,1H3,(H,26,27). The number of alkyl halides is 3. The predicted molar refractivity (Wildman–Crippen MR) is 93.8 cm³/mol. The van der Waals surface area contributed by atoms with E-state index in [0.717, 1.165) is 35.3 Å². The van der Waals surface area contributed by atoms with Crippen LogP contribution in [0, 0.1) is 6.92 Å². The molecule has 0 aliphatic rings. The summed E-state index contributed by atoms with van der Waals surface area (Å²) in [5.41, 5.74) is 1.36. The highest BCUT2D eigenvalue weighted by Crippen LogP contribution is 2.32. The molecule has 0 aliphatic carbocycles. The molecule has 1 heterocycles. The summed E-state index contributed by atoms with van der Waals surface area (Å²) in [7, 11) is 0. The number of carboxylic acid groups (broad SMARTS) is 1. The molecule has 140 valence electrons. The molecule has 1 unspecified atom stereocenters. The summed E-state index contributed by atoms with van der Waals surface area (Å²) in [6.45, 7) is 1.87. The Kier molecular flexibility index (Phi) is 4.78. The first-order valence-corrected chi connectivity index (χ1v) is 8.17. The van der Waals surface area contributed by atoms with Gasteiger partial charge in [0.2, 0.25) is 0 Å². The van der Waals surface area contributed by atoms with Gasteiger partial charge >= 0.3 is 12.1 Å². The first-order valence-electron chi connectivity index (χ1n) is 8.17. The Morgan fingerprint density at radius 3 is 2.37 bits per heavy atom. The molecule has 0 amide bonds. The summed E-state index contributed by atoms with van der Waals surface area (Å²) in [5.74, 6) is -2.80. The maximum atomic E-state index is 12.6. The first kappa shape index (κ1) is 18.7. The number of hydrogen-bond donors (Lipinski definition) is 2. The van der Waals surface area contributed by atoms with Gasteiger partial charge in [-0.2, -0.15) is 13.2 Å². The van der Waals surface area contributed by atoms with Gasteiger partial charge < -0.3 is 10.1 Å². The van der Waals surface area contributed by atoms with Crippen molar-refractivity contribution < 1.29 is 27.9 Å². The van der Waals surface area contributed by atoms with Crippen molar-refractivity contribution in [2.24, 2.45) is 0 Å². The molecule has 2 aromatic carbocycles. The van der Waals surface area contributed by atoms with Crippen molar-refractivity contribution >= 4 is 22.7 Å². The average molecular weight is 375 g/mol. The van der Waals surface area contributed by atoms with Crippen LogP contribution in [0.25, 0.3) is 10.9 Å². The topological polar surface area (TPSA) is 70.2 Å². The third-order valence-electron chi connectivity index (χ3n) is 4.47. The van der Waals surface area contributed by atoms with Gasteiger partial charge in [-0.25, -0.2) is 0 Å². The van der Waals surface area contributed by atoms with Gasteiger partial charge in [-0.15, -0.1) is 0 Å². The third-order valence-corrected chi connectivity index (χ3v) is 4.47. The lowest BCUT2D eigenvalue weighted by Crippen LogP contribution is -2.16. The predicted octanol–water partition coefficient (Wildman–Crippen LogP) is 4.94. The Morgan fingerprint density at radius 1 is 1.11 bits per heavy atom. The van der Waals surface area contributed by atoms with E-state index in [9.17, 15) is 27.9 Å². The minimum atomic E-state index is -4.49. The fourth-order valence-corrected chi connectivity index (χ4v) is 3.02. The Hall–Kier alpha value is -3.09. The molecule has 0 spiro atoms. The zero-order valence-electron chi connectivity index (χ0n) is 14.3. The second kappa shape index (κ2) is 6.90. The fourth-order valence-electron chi connectivity index (χ4n) is 3.02. The highest BCUT2D eigenvalue weighted by Gasteiger charge is 2.31. The lowest BCUT2D eigenvalue weighted by Gasteiger charge is -2.12. The van der Waals surface area contributed by atoms with Crippen LogP contribution in [-0.4, -0.2) is 21.8 Å². The van der Waals surface area contributed by atoms with Crippen molar-refractivity contribution in [3.63, 3.8) is 0 Å². The van der Waals surface area contributed by atoms with Gasteiger partial charge in [0.05, 0.1) is 11.5 Å². The van der Waals surface area contributed by atoms with Gasteiger partial charge in [-0.1, -0.05) is 23.8 Å². The average Bonchev–Trinajstić information content (AvgIpc) is 3.01. The van der Waals surface area contributed by atoms with Gasteiger partial charge in [0, 0.05) is 29.1 Å². The van der Waals surface area contributed by atoms with Gasteiger partial charge in [-0.3, -0.25) is 9.59 Å². The van der Waals surface area contributed by atoms with Crippen LogP contribution in [0.1, 0.15) is 39.4 Å². The summed E-state index contributed by atoms with van der Waals surface area (Å²) in [6.07, 6.45) is -3.28. The SMILES string of the molecule is Cc1ccc2[nH]cc(C(CC(=O)c3ccc(C(F)(F)F)cc3)C(=O)O)c2c1. The molecule has 27 heavy (non-hydrogen) atoms. The monoisotopic (exact) mass is 375 g/mol. The number of aromatic nitrogens is 1. The van der Waals surface area contributed by atoms with Crippen molar-refractivity contribution in [2.75, 3.05) is 0 Å². The number of carboxylic acids is 1. The molecule has 3 rings (SSSR count). The number of aliphatic carboxylic acids is 1. The number of ketones is 1. The van der Waals surface area contributed by atoms with Crippen molar-refractivity contribution in [1.29, 1.82) is 0 Å². The molecule has 0 saturated heterocycles. The van der Waals surface area contributed by atoms with E-state index in [4.69, 9.17) is 0 Å². The van der Waals surface area contributed by atoms with E-state index in [2.05, 4.69) is 4.98 Å². The number of fused-ring (bicyclic) bond motifs is 1. The number of carbonyl (C=O) groups excluding carboxylic acids is 1. The molecule has 2 N–H and O–H groups in total. The van der Waals surface area contributed by atoms with Gasteiger partial charge in [0.25, 0.3) is 0 Å². The molecule has 7 heteroatoms. The van der Waals surface area contributed by atoms with Crippen molar-refractivity contribution in [3.8, 4) is 0 Å². The lowest BCUT2D eigenvalue weighted by atomic mass is 9.91. The van der Waals surface area contributed by atoms with Crippen LogP contribution < -0.4 is 0 Å². The number of halogens is 3. The fraction of sp³-hybridized carbons (Fsp3) is 0.200.